The molecule has 1 fully saturated rings. The number of likely N-dealkylation sites (N-methyl/N-ethyl adjacent to an activating group) is 1. The number of amides is 2. The van der Waals surface area contributed by atoms with E-state index in [1.807, 2.05) is 57.3 Å². The average molecular weight is 768 g/mol. The minimum absolute atomic E-state index is 0.0145. The van der Waals surface area contributed by atoms with Gasteiger partial charge in [0, 0.05) is 54.2 Å². The van der Waals surface area contributed by atoms with Crippen LogP contribution in [-0.4, -0.2) is 90.1 Å². The fourth-order valence-corrected chi connectivity index (χ4v) is 9.14. The first kappa shape index (κ1) is 38.7. The number of phenols is 1. The van der Waals surface area contributed by atoms with Crippen LogP contribution >= 0.6 is 0 Å². The fourth-order valence-electron chi connectivity index (χ4n) is 9.14. The molecule has 4 heterocycles. The van der Waals surface area contributed by atoms with E-state index >= 15 is 0 Å². The lowest BCUT2D eigenvalue weighted by Crippen LogP contribution is -2.69. The number of alkyl carbamates (subject to hydrolysis) is 1. The number of aromatic hydroxyl groups is 1. The lowest BCUT2D eigenvalue weighted by Gasteiger charge is -2.60. The number of nitrogens with one attached hydrogen (secondary N) is 2. The maximum Gasteiger partial charge on any atom is 0.408 e. The second-order valence-corrected chi connectivity index (χ2v) is 16.0. The van der Waals surface area contributed by atoms with E-state index in [0.717, 1.165) is 16.7 Å². The maximum absolute atomic E-state index is 14.3. The zero-order valence-electron chi connectivity index (χ0n) is 33.0. The van der Waals surface area contributed by atoms with Crippen LogP contribution in [0.1, 0.15) is 78.7 Å². The maximum atomic E-state index is 14.3. The molecule has 0 radical (unpaired) electrons. The molecule has 0 aromatic heterocycles. The van der Waals surface area contributed by atoms with Crippen molar-refractivity contribution in [2.45, 2.75) is 103 Å². The molecule has 3 N–H and O–H groups in total. The fraction of sp³-hybridized carbons (Fsp3) is 0.476. The molecule has 2 amide bonds. The molecule has 4 aliphatic heterocycles. The van der Waals surface area contributed by atoms with Crippen LogP contribution in [0.3, 0.4) is 0 Å². The Hall–Kier alpha value is -5.52. The number of carbonyl (C=O) groups excluding carboxylic acids is 3. The third kappa shape index (κ3) is 6.83. The van der Waals surface area contributed by atoms with Gasteiger partial charge >= 0.3 is 12.1 Å². The molecule has 3 aromatic carbocycles. The summed E-state index contributed by atoms with van der Waals surface area (Å²) in [7, 11) is 3.49. The summed E-state index contributed by atoms with van der Waals surface area (Å²) >= 11 is 0. The van der Waals surface area contributed by atoms with Gasteiger partial charge in [0.05, 0.1) is 25.3 Å². The van der Waals surface area contributed by atoms with Crippen molar-refractivity contribution in [1.29, 1.82) is 5.26 Å². The quantitative estimate of drug-likeness (QED) is 0.214. The van der Waals surface area contributed by atoms with Crippen molar-refractivity contribution in [3.05, 3.63) is 75.3 Å². The van der Waals surface area contributed by atoms with Crippen molar-refractivity contribution in [3.63, 3.8) is 0 Å². The molecule has 2 bridgehead atoms. The van der Waals surface area contributed by atoms with Crippen molar-refractivity contribution in [2.24, 2.45) is 0 Å². The number of carbonyl (C=O) groups is 3. The van der Waals surface area contributed by atoms with Gasteiger partial charge in [-0.3, -0.25) is 19.4 Å². The second-order valence-electron chi connectivity index (χ2n) is 16.0. The van der Waals surface area contributed by atoms with Gasteiger partial charge in [0.25, 0.3) is 0 Å². The van der Waals surface area contributed by atoms with Crippen LogP contribution in [0.25, 0.3) is 0 Å². The normalized spacial score (nSPS) is 22.7. The number of nitriles is 1. The minimum atomic E-state index is -1.01. The summed E-state index contributed by atoms with van der Waals surface area (Å²) in [5, 5.41) is 28.7. The number of rotatable bonds is 8. The number of piperazine rings is 1. The highest BCUT2D eigenvalue weighted by Gasteiger charge is 2.57. The molecule has 0 spiro atoms. The molecule has 1 unspecified atom stereocenters. The van der Waals surface area contributed by atoms with Crippen LogP contribution < -0.4 is 29.6 Å². The number of fused-ring (bicyclic) bond motifs is 9. The van der Waals surface area contributed by atoms with E-state index in [-0.39, 0.29) is 31.5 Å². The van der Waals surface area contributed by atoms with Crippen LogP contribution in [0.5, 0.6) is 28.7 Å². The van der Waals surface area contributed by atoms with E-state index in [1.54, 1.807) is 20.8 Å². The van der Waals surface area contributed by atoms with E-state index in [0.29, 0.717) is 58.1 Å². The van der Waals surface area contributed by atoms with Gasteiger partial charge in [0.1, 0.15) is 23.4 Å². The lowest BCUT2D eigenvalue weighted by atomic mass is 9.71. The number of esters is 1. The van der Waals surface area contributed by atoms with Gasteiger partial charge in [-0.15, -0.1) is 0 Å². The van der Waals surface area contributed by atoms with Gasteiger partial charge in [-0.05, 0) is 71.2 Å². The van der Waals surface area contributed by atoms with Gasteiger partial charge in [-0.2, -0.15) is 5.26 Å². The van der Waals surface area contributed by atoms with Crippen molar-refractivity contribution in [2.75, 3.05) is 27.5 Å². The van der Waals surface area contributed by atoms with Crippen LogP contribution in [0.2, 0.25) is 0 Å². The first-order valence-corrected chi connectivity index (χ1v) is 18.9. The van der Waals surface area contributed by atoms with Gasteiger partial charge in [0.2, 0.25) is 12.7 Å². The largest absolute Gasteiger partial charge is 0.504 e. The summed E-state index contributed by atoms with van der Waals surface area (Å²) in [5.41, 5.74) is 4.39. The Labute approximate surface area is 326 Å². The van der Waals surface area contributed by atoms with Crippen LogP contribution in [0.4, 0.5) is 4.79 Å². The highest BCUT2D eigenvalue weighted by molar-refractivity contribution is 5.86. The van der Waals surface area contributed by atoms with Crippen LogP contribution in [0, 0.1) is 25.2 Å². The summed E-state index contributed by atoms with van der Waals surface area (Å²) in [6.45, 7) is 10.2. The SMILES string of the molecule is COc1c(C)cc2c(c1O)[C@H]1C3Cc4c(OC(C)=O)c(C)c5c(c4[C@H](CNC(=O)[C@H](Cc4ccccc4)NC(=O)OC(C)(C)C)N3[C@@H](C#N)[C@@H](C2)N1C)OCO5. The van der Waals surface area contributed by atoms with E-state index in [1.165, 1.54) is 14.0 Å². The predicted molar refractivity (Wildman–Crippen MR) is 204 cm³/mol. The zero-order chi connectivity index (χ0) is 40.2. The Bertz CT molecular complexity index is 2110. The van der Waals surface area contributed by atoms with Crippen molar-refractivity contribution in [1.82, 2.24) is 20.4 Å². The molecular weight excluding hydrogens is 718 g/mol. The van der Waals surface area contributed by atoms with Crippen LogP contribution in [-0.2, 0) is 33.6 Å². The van der Waals surface area contributed by atoms with Crippen molar-refractivity contribution < 1.29 is 43.2 Å². The molecule has 56 heavy (non-hydrogen) atoms. The molecular formula is C42H49N5O9. The molecule has 296 valence electrons. The standard InChI is InChI=1S/C42H49N5O9/c1-21-14-25-16-28-30(18-43)47-29(34(46(28)7)32(25)35(49)36(21)52-8)17-26-33(39-38(53-20-54-39)22(2)37(26)55-23(3)48)31(47)19-44-40(50)27(15-24-12-10-9-11-13-24)45-41(51)56-42(4,5)6/h9-14,27-31,34,49H,15-17,19-20H2,1-8H3,(H,44,50)(H,45,51)/t27-,28+,29?,30-,31-,34+/m0/s1. The Morgan fingerprint density at radius 1 is 1.05 bits per heavy atom. The molecule has 0 saturated carbocycles. The monoisotopic (exact) mass is 767 g/mol. The van der Waals surface area contributed by atoms with Gasteiger partial charge in [-0.25, -0.2) is 4.79 Å². The molecule has 4 aliphatic rings. The number of hydrogen-bond acceptors (Lipinski definition) is 12. The molecule has 14 heteroatoms. The summed E-state index contributed by atoms with van der Waals surface area (Å²) < 4.78 is 29.3. The smallest absolute Gasteiger partial charge is 0.408 e. The van der Waals surface area contributed by atoms with Gasteiger partial charge in [0.15, 0.2) is 23.0 Å². The Morgan fingerprint density at radius 3 is 2.43 bits per heavy atom. The number of hydrogen-bond donors (Lipinski definition) is 3. The highest BCUT2D eigenvalue weighted by Crippen LogP contribution is 2.58. The molecule has 7 rings (SSSR count). The molecule has 0 aliphatic carbocycles. The van der Waals surface area contributed by atoms with Crippen molar-refractivity contribution >= 4 is 18.0 Å². The summed E-state index contributed by atoms with van der Waals surface area (Å²) in [5.74, 6) is 0.663. The van der Waals surface area contributed by atoms with Crippen LogP contribution in [0.15, 0.2) is 36.4 Å². The van der Waals surface area contributed by atoms with E-state index in [9.17, 15) is 24.8 Å². The summed E-state index contributed by atoms with van der Waals surface area (Å²) in [6.07, 6.45) is 0.250. The number of phenolic OH excluding ortho intramolecular Hbond substituents is 1. The minimum Gasteiger partial charge on any atom is -0.504 e. The van der Waals surface area contributed by atoms with Gasteiger partial charge in [-0.1, -0.05) is 36.4 Å². The van der Waals surface area contributed by atoms with E-state index in [4.69, 9.17) is 23.7 Å². The van der Waals surface area contributed by atoms with E-state index < -0.39 is 53.8 Å². The molecule has 1 saturated heterocycles. The topological polar surface area (TPSA) is 172 Å². The predicted octanol–water partition coefficient (Wildman–Crippen LogP) is 4.70. The second kappa shape index (κ2) is 14.9. The highest BCUT2D eigenvalue weighted by atomic mass is 16.7. The Morgan fingerprint density at radius 2 is 1.77 bits per heavy atom. The summed E-state index contributed by atoms with van der Waals surface area (Å²) in [6, 6.07) is 10.4. The first-order chi connectivity index (χ1) is 26.6. The lowest BCUT2D eigenvalue weighted by molar-refractivity contribution is -0.132. The Balaban J connectivity index is 1.35. The number of benzene rings is 3. The molecule has 14 nitrogen and oxygen atoms in total. The van der Waals surface area contributed by atoms with Crippen molar-refractivity contribution in [3.8, 4) is 34.8 Å². The summed E-state index contributed by atoms with van der Waals surface area (Å²) in [4.78, 5) is 44.3. The molecule has 3 aromatic rings. The number of methoxy groups -OCH3 is 1. The average Bonchev–Trinajstić information content (AvgIpc) is 3.62. The third-order valence-electron chi connectivity index (χ3n) is 11.3. The van der Waals surface area contributed by atoms with E-state index in [2.05, 4.69) is 26.5 Å². The number of aryl methyl sites for hydroxylation is 1. The number of nitrogens with zero attached hydrogens (tertiary/aromatic N) is 3. The zero-order valence-corrected chi connectivity index (χ0v) is 33.0. The third-order valence-corrected chi connectivity index (χ3v) is 11.3. The number of ether oxygens (including phenoxy) is 5. The first-order valence-electron chi connectivity index (χ1n) is 18.9. The molecule has 6 atom stereocenters. The Kier molecular flexibility index (Phi) is 10.3. The van der Waals surface area contributed by atoms with Gasteiger partial charge < -0.3 is 39.4 Å².